The lowest BCUT2D eigenvalue weighted by atomic mass is 10.3. The Balaban J connectivity index is 2.27. The van der Waals surface area contributed by atoms with Gasteiger partial charge in [-0.05, 0) is 6.42 Å². The van der Waals surface area contributed by atoms with Gasteiger partial charge in [0.15, 0.2) is 8.68 Å². The van der Waals surface area contributed by atoms with Crippen LogP contribution in [0.25, 0.3) is 0 Å². The van der Waals surface area contributed by atoms with Crippen molar-refractivity contribution >= 4 is 33.0 Å². The summed E-state index contributed by atoms with van der Waals surface area (Å²) in [6, 6.07) is 0. The summed E-state index contributed by atoms with van der Waals surface area (Å²) in [6.07, 6.45) is 1.15. The minimum Gasteiger partial charge on any atom is -0.392 e. The Labute approximate surface area is 96.4 Å². The number of hydrogen-bond acceptors (Lipinski definition) is 5. The molecule has 1 aromatic heterocycles. The molecular formula is C7H9ClN2O3S2. The van der Waals surface area contributed by atoms with Gasteiger partial charge in [0.2, 0.25) is 0 Å². The summed E-state index contributed by atoms with van der Waals surface area (Å²) in [5.41, 5.74) is 0. The number of aromatic nitrogens is 1. The predicted octanol–water partition coefficient (Wildman–Crippen LogP) is 0.552. The molecule has 2 rings (SSSR count). The zero-order valence-corrected chi connectivity index (χ0v) is 10.0. The molecule has 1 saturated heterocycles. The Morgan fingerprint density at radius 3 is 2.87 bits per heavy atom. The van der Waals surface area contributed by atoms with E-state index in [9.17, 15) is 13.5 Å². The molecule has 8 heteroatoms. The fourth-order valence-electron chi connectivity index (χ4n) is 1.41. The maximum Gasteiger partial charge on any atom is 0.254 e. The van der Waals surface area contributed by atoms with Crippen molar-refractivity contribution < 1.29 is 13.5 Å². The number of rotatable bonds is 2. The molecule has 84 valence electrons. The van der Waals surface area contributed by atoms with Crippen molar-refractivity contribution in [3.05, 3.63) is 10.7 Å². The maximum absolute atomic E-state index is 11.9. The molecule has 0 radical (unpaired) electrons. The van der Waals surface area contributed by atoms with E-state index >= 15 is 0 Å². The van der Waals surface area contributed by atoms with Crippen LogP contribution in [-0.2, 0) is 10.0 Å². The molecule has 0 bridgehead atoms. The van der Waals surface area contributed by atoms with E-state index < -0.39 is 16.1 Å². The van der Waals surface area contributed by atoms with Crippen molar-refractivity contribution in [2.24, 2.45) is 0 Å². The monoisotopic (exact) mass is 268 g/mol. The molecule has 1 N–H and O–H groups in total. The molecule has 0 unspecified atom stereocenters. The lowest BCUT2D eigenvalue weighted by Gasteiger charge is -2.13. The summed E-state index contributed by atoms with van der Waals surface area (Å²) in [7, 11) is -3.51. The molecule has 1 aromatic rings. The van der Waals surface area contributed by atoms with Crippen molar-refractivity contribution in [2.45, 2.75) is 16.7 Å². The average molecular weight is 269 g/mol. The number of hydrogen-bond donors (Lipinski definition) is 1. The van der Waals surface area contributed by atoms with E-state index in [0.717, 1.165) is 11.3 Å². The molecule has 1 atom stereocenters. The van der Waals surface area contributed by atoms with E-state index in [1.165, 1.54) is 10.5 Å². The Hall–Kier alpha value is -0.210. The van der Waals surface area contributed by atoms with Crippen molar-refractivity contribution in [1.82, 2.24) is 9.29 Å². The first-order valence-electron chi connectivity index (χ1n) is 4.29. The van der Waals surface area contributed by atoms with E-state index in [4.69, 9.17) is 11.6 Å². The summed E-state index contributed by atoms with van der Waals surface area (Å²) in [4.78, 5) is 3.69. The van der Waals surface area contributed by atoms with Gasteiger partial charge in [-0.3, -0.25) is 0 Å². The van der Waals surface area contributed by atoms with Gasteiger partial charge in [0.25, 0.3) is 10.0 Å². The van der Waals surface area contributed by atoms with E-state index in [0.29, 0.717) is 13.0 Å². The molecular weight excluding hydrogens is 260 g/mol. The highest BCUT2D eigenvalue weighted by Crippen LogP contribution is 2.27. The van der Waals surface area contributed by atoms with Gasteiger partial charge < -0.3 is 5.11 Å². The second kappa shape index (κ2) is 3.99. The smallest absolute Gasteiger partial charge is 0.254 e. The van der Waals surface area contributed by atoms with Crippen molar-refractivity contribution in [3.8, 4) is 0 Å². The molecule has 0 saturated carbocycles. The molecule has 0 spiro atoms. The molecule has 5 nitrogen and oxygen atoms in total. The minimum absolute atomic E-state index is 0.126. The largest absolute Gasteiger partial charge is 0.392 e. The van der Waals surface area contributed by atoms with Gasteiger partial charge in [-0.25, -0.2) is 13.4 Å². The quantitative estimate of drug-likeness (QED) is 0.851. The number of aliphatic hydroxyl groups is 1. The van der Waals surface area contributed by atoms with Crippen LogP contribution in [-0.4, -0.2) is 42.0 Å². The summed E-state index contributed by atoms with van der Waals surface area (Å²) in [5.74, 6) is 0. The van der Waals surface area contributed by atoms with Crippen LogP contribution in [0.2, 0.25) is 4.47 Å². The van der Waals surface area contributed by atoms with E-state index in [-0.39, 0.29) is 15.2 Å². The number of nitrogens with zero attached hydrogens (tertiary/aromatic N) is 2. The van der Waals surface area contributed by atoms with Crippen molar-refractivity contribution in [2.75, 3.05) is 13.1 Å². The second-order valence-corrected chi connectivity index (χ2v) is 7.02. The van der Waals surface area contributed by atoms with Gasteiger partial charge in [-0.1, -0.05) is 22.9 Å². The Kier molecular flexibility index (Phi) is 3.00. The normalized spacial score (nSPS) is 23.5. The summed E-state index contributed by atoms with van der Waals surface area (Å²) in [5, 5.41) is 9.27. The second-order valence-electron chi connectivity index (χ2n) is 3.24. The first-order valence-corrected chi connectivity index (χ1v) is 6.93. The predicted molar refractivity (Wildman–Crippen MR) is 56.5 cm³/mol. The molecule has 1 fully saturated rings. The summed E-state index contributed by atoms with van der Waals surface area (Å²) >= 11 is 6.50. The third kappa shape index (κ3) is 2.16. The first-order chi connectivity index (χ1) is 7.00. The highest BCUT2D eigenvalue weighted by molar-refractivity contribution is 7.91. The van der Waals surface area contributed by atoms with Gasteiger partial charge in [0.05, 0.1) is 12.3 Å². The minimum atomic E-state index is -3.51. The Bertz CT molecular complexity index is 459. The van der Waals surface area contributed by atoms with Crippen LogP contribution in [0.15, 0.2) is 10.4 Å². The van der Waals surface area contributed by atoms with Crippen molar-refractivity contribution in [1.29, 1.82) is 0 Å². The fourth-order valence-corrected chi connectivity index (χ4v) is 4.36. The summed E-state index contributed by atoms with van der Waals surface area (Å²) < 4.78 is 25.4. The molecule has 1 aliphatic heterocycles. The molecule has 1 aliphatic rings. The van der Waals surface area contributed by atoms with Crippen LogP contribution in [0.3, 0.4) is 0 Å². The molecule has 2 heterocycles. The molecule has 0 amide bonds. The van der Waals surface area contributed by atoms with Crippen LogP contribution in [0.5, 0.6) is 0 Å². The lowest BCUT2D eigenvalue weighted by Crippen LogP contribution is -2.29. The highest BCUT2D eigenvalue weighted by Gasteiger charge is 2.32. The maximum atomic E-state index is 11.9. The third-order valence-electron chi connectivity index (χ3n) is 2.18. The molecule has 0 aliphatic carbocycles. The number of sulfonamides is 1. The van der Waals surface area contributed by atoms with Gasteiger partial charge >= 0.3 is 0 Å². The van der Waals surface area contributed by atoms with E-state index in [1.54, 1.807) is 0 Å². The van der Waals surface area contributed by atoms with Crippen LogP contribution < -0.4 is 0 Å². The number of aliphatic hydroxyl groups excluding tert-OH is 1. The number of β-amino-alcohol motifs (C(OH)–C–C–N with tert-alkyl or cyclic N) is 1. The van der Waals surface area contributed by atoms with E-state index in [2.05, 4.69) is 4.98 Å². The van der Waals surface area contributed by atoms with Crippen LogP contribution >= 0.6 is 22.9 Å². The van der Waals surface area contributed by atoms with Crippen LogP contribution in [0.4, 0.5) is 0 Å². The number of halogens is 1. The van der Waals surface area contributed by atoms with Gasteiger partial charge in [0, 0.05) is 13.1 Å². The van der Waals surface area contributed by atoms with Gasteiger partial charge in [0.1, 0.15) is 0 Å². The average Bonchev–Trinajstić information content (AvgIpc) is 2.74. The van der Waals surface area contributed by atoms with Crippen LogP contribution in [0, 0.1) is 0 Å². The summed E-state index contributed by atoms with van der Waals surface area (Å²) in [6.45, 7) is 0.497. The first kappa shape index (κ1) is 11.3. The highest BCUT2D eigenvalue weighted by atomic mass is 35.5. The fraction of sp³-hybridized carbons (Fsp3) is 0.571. The molecule has 15 heavy (non-hydrogen) atoms. The third-order valence-corrected chi connectivity index (χ3v) is 5.59. The van der Waals surface area contributed by atoms with Crippen LogP contribution in [0.1, 0.15) is 6.42 Å². The zero-order valence-electron chi connectivity index (χ0n) is 7.63. The SMILES string of the molecule is O=S(=O)(c1cnc(Cl)s1)N1CC[C@H](O)C1. The zero-order chi connectivity index (χ0) is 11.1. The van der Waals surface area contributed by atoms with E-state index in [1.807, 2.05) is 0 Å². The Morgan fingerprint density at radius 1 is 1.67 bits per heavy atom. The van der Waals surface area contributed by atoms with Crippen molar-refractivity contribution in [3.63, 3.8) is 0 Å². The molecule has 0 aromatic carbocycles. The van der Waals surface area contributed by atoms with Gasteiger partial charge in [-0.15, -0.1) is 0 Å². The van der Waals surface area contributed by atoms with Gasteiger partial charge in [-0.2, -0.15) is 4.31 Å². The Morgan fingerprint density at radius 2 is 2.40 bits per heavy atom. The standard InChI is InChI=1S/C7H9ClN2O3S2/c8-7-9-3-6(14-7)15(12,13)10-2-1-5(11)4-10/h3,5,11H,1-2,4H2/t5-/m0/s1. The topological polar surface area (TPSA) is 70.5 Å². The lowest BCUT2D eigenvalue weighted by molar-refractivity contribution is 0.189. The number of thiazole rings is 1.